The third kappa shape index (κ3) is 4.40. The highest BCUT2D eigenvalue weighted by Gasteiger charge is 2.12. The average Bonchev–Trinajstić information content (AvgIpc) is 2.47. The van der Waals surface area contributed by atoms with Crippen molar-refractivity contribution in [2.45, 2.75) is 46.1 Å². The fraction of sp³-hybridized carbons (Fsp3) is 0.421. The molecule has 0 amide bonds. The lowest BCUT2D eigenvalue weighted by Gasteiger charge is -2.19. The van der Waals surface area contributed by atoms with Crippen LogP contribution in [0.2, 0.25) is 0 Å². The Kier molecular flexibility index (Phi) is 5.51. The van der Waals surface area contributed by atoms with Gasteiger partial charge >= 0.3 is 0 Å². The number of nitrogens with one attached hydrogen (secondary N) is 1. The summed E-state index contributed by atoms with van der Waals surface area (Å²) in [7, 11) is 2.06. The molecule has 21 heavy (non-hydrogen) atoms. The fourth-order valence-electron chi connectivity index (χ4n) is 2.99. The van der Waals surface area contributed by atoms with Crippen LogP contribution in [0.1, 0.15) is 34.4 Å². The van der Waals surface area contributed by atoms with E-state index in [0.29, 0.717) is 6.04 Å². The lowest BCUT2D eigenvalue weighted by atomic mass is 9.92. The smallest absolute Gasteiger partial charge is 0.0404 e. The minimum absolute atomic E-state index is 0.493. The summed E-state index contributed by atoms with van der Waals surface area (Å²) in [5.74, 6) is 0. The lowest BCUT2D eigenvalue weighted by Crippen LogP contribution is -2.29. The van der Waals surface area contributed by atoms with Crippen LogP contribution >= 0.6 is 0 Å². The van der Waals surface area contributed by atoms with E-state index in [1.54, 1.807) is 0 Å². The predicted molar refractivity (Wildman–Crippen MR) is 89.8 cm³/mol. The van der Waals surface area contributed by atoms with Gasteiger partial charge in [0.2, 0.25) is 0 Å². The van der Waals surface area contributed by atoms with Gasteiger partial charge in [-0.2, -0.15) is 0 Å². The molecule has 2 nitrogen and oxygen atoms in total. The summed E-state index contributed by atoms with van der Waals surface area (Å²) in [5.41, 5.74) is 6.83. The van der Waals surface area contributed by atoms with Crippen molar-refractivity contribution in [1.82, 2.24) is 10.3 Å². The molecule has 1 aromatic carbocycles. The molecule has 1 aromatic heterocycles. The maximum atomic E-state index is 4.41. The van der Waals surface area contributed by atoms with Gasteiger partial charge < -0.3 is 5.32 Å². The SMILES string of the molecule is CNC(CCc1ccccn1)Cc1c(C)cc(C)cc1C. The van der Waals surface area contributed by atoms with Gasteiger partial charge in [-0.3, -0.25) is 4.98 Å². The lowest BCUT2D eigenvalue weighted by molar-refractivity contribution is 0.515. The summed E-state index contributed by atoms with van der Waals surface area (Å²) in [6.45, 7) is 6.61. The molecule has 1 N–H and O–H groups in total. The van der Waals surface area contributed by atoms with E-state index >= 15 is 0 Å². The minimum Gasteiger partial charge on any atom is -0.317 e. The average molecular weight is 282 g/mol. The zero-order chi connectivity index (χ0) is 15.2. The third-order valence-corrected chi connectivity index (χ3v) is 4.17. The third-order valence-electron chi connectivity index (χ3n) is 4.17. The number of rotatable bonds is 6. The largest absolute Gasteiger partial charge is 0.317 e. The summed E-state index contributed by atoms with van der Waals surface area (Å²) in [4.78, 5) is 4.41. The number of aryl methyl sites for hydroxylation is 4. The molecule has 0 spiro atoms. The first kappa shape index (κ1) is 15.7. The van der Waals surface area contributed by atoms with Crippen LogP contribution in [0.25, 0.3) is 0 Å². The molecule has 0 fully saturated rings. The van der Waals surface area contributed by atoms with Gasteiger partial charge in [-0.25, -0.2) is 0 Å². The van der Waals surface area contributed by atoms with E-state index in [1.807, 2.05) is 12.3 Å². The van der Waals surface area contributed by atoms with Gasteiger partial charge in [0.1, 0.15) is 0 Å². The number of benzene rings is 1. The first-order chi connectivity index (χ1) is 10.1. The molecule has 0 aliphatic carbocycles. The number of hydrogen-bond donors (Lipinski definition) is 1. The van der Waals surface area contributed by atoms with Crippen molar-refractivity contribution >= 4 is 0 Å². The maximum absolute atomic E-state index is 4.41. The van der Waals surface area contributed by atoms with Gasteiger partial charge in [0.15, 0.2) is 0 Å². The van der Waals surface area contributed by atoms with Crippen LogP contribution in [-0.2, 0) is 12.8 Å². The quantitative estimate of drug-likeness (QED) is 0.872. The second-order valence-electron chi connectivity index (χ2n) is 5.93. The van der Waals surface area contributed by atoms with Gasteiger partial charge in [-0.1, -0.05) is 23.8 Å². The van der Waals surface area contributed by atoms with Crippen LogP contribution < -0.4 is 5.32 Å². The highest BCUT2D eigenvalue weighted by atomic mass is 14.9. The Balaban J connectivity index is 2.02. The Morgan fingerprint density at radius 3 is 2.38 bits per heavy atom. The number of hydrogen-bond acceptors (Lipinski definition) is 2. The van der Waals surface area contributed by atoms with Crippen LogP contribution in [-0.4, -0.2) is 18.1 Å². The van der Waals surface area contributed by atoms with Crippen molar-refractivity contribution in [3.8, 4) is 0 Å². The van der Waals surface area contributed by atoms with Crippen molar-refractivity contribution in [1.29, 1.82) is 0 Å². The van der Waals surface area contributed by atoms with E-state index < -0.39 is 0 Å². The Morgan fingerprint density at radius 2 is 1.81 bits per heavy atom. The fourth-order valence-corrected chi connectivity index (χ4v) is 2.99. The zero-order valence-electron chi connectivity index (χ0n) is 13.6. The molecule has 0 bridgehead atoms. The number of aromatic nitrogens is 1. The van der Waals surface area contributed by atoms with Crippen molar-refractivity contribution in [3.63, 3.8) is 0 Å². The first-order valence-electron chi connectivity index (χ1n) is 7.74. The number of pyridine rings is 1. The molecule has 0 aliphatic heterocycles. The Morgan fingerprint density at radius 1 is 1.10 bits per heavy atom. The van der Waals surface area contributed by atoms with Crippen molar-refractivity contribution in [2.75, 3.05) is 7.05 Å². The molecular formula is C19H26N2. The molecule has 2 heteroatoms. The maximum Gasteiger partial charge on any atom is 0.0404 e. The molecule has 2 aromatic rings. The van der Waals surface area contributed by atoms with Gasteiger partial charge in [-0.05, 0) is 75.9 Å². The predicted octanol–water partition coefficient (Wildman–Crippen LogP) is 3.77. The molecule has 1 unspecified atom stereocenters. The molecule has 0 saturated heterocycles. The van der Waals surface area contributed by atoms with Crippen LogP contribution in [0.4, 0.5) is 0 Å². The summed E-state index contributed by atoms with van der Waals surface area (Å²) in [5, 5.41) is 3.46. The van der Waals surface area contributed by atoms with Crippen molar-refractivity contribution < 1.29 is 0 Å². The van der Waals surface area contributed by atoms with Crippen molar-refractivity contribution in [3.05, 3.63) is 64.5 Å². The standard InChI is InChI=1S/C19H26N2/c1-14-11-15(2)19(16(3)12-14)13-18(20-4)9-8-17-7-5-6-10-21-17/h5-7,10-12,18,20H,8-9,13H2,1-4H3. The molecule has 112 valence electrons. The second-order valence-corrected chi connectivity index (χ2v) is 5.93. The number of likely N-dealkylation sites (N-methyl/N-ethyl adjacent to an activating group) is 1. The minimum atomic E-state index is 0.493. The topological polar surface area (TPSA) is 24.9 Å². The second kappa shape index (κ2) is 7.37. The summed E-state index contributed by atoms with van der Waals surface area (Å²) >= 11 is 0. The zero-order valence-corrected chi connectivity index (χ0v) is 13.6. The first-order valence-corrected chi connectivity index (χ1v) is 7.74. The normalized spacial score (nSPS) is 12.4. The van der Waals surface area contributed by atoms with Crippen LogP contribution in [0.15, 0.2) is 36.5 Å². The highest BCUT2D eigenvalue weighted by Crippen LogP contribution is 2.19. The van der Waals surface area contributed by atoms with E-state index in [-0.39, 0.29) is 0 Å². The molecule has 1 heterocycles. The molecule has 0 radical (unpaired) electrons. The highest BCUT2D eigenvalue weighted by molar-refractivity contribution is 5.38. The van der Waals surface area contributed by atoms with E-state index in [1.165, 1.54) is 27.9 Å². The van der Waals surface area contributed by atoms with Gasteiger partial charge in [0.25, 0.3) is 0 Å². The Bertz CT molecular complexity index is 552. The number of nitrogens with zero attached hydrogens (tertiary/aromatic N) is 1. The van der Waals surface area contributed by atoms with E-state index in [0.717, 1.165) is 19.3 Å². The van der Waals surface area contributed by atoms with E-state index in [4.69, 9.17) is 0 Å². The van der Waals surface area contributed by atoms with Gasteiger partial charge in [0.05, 0.1) is 0 Å². The molecule has 0 saturated carbocycles. The van der Waals surface area contributed by atoms with Gasteiger partial charge in [-0.15, -0.1) is 0 Å². The molecule has 0 aliphatic rings. The monoisotopic (exact) mass is 282 g/mol. The molecule has 1 atom stereocenters. The Hall–Kier alpha value is -1.67. The van der Waals surface area contributed by atoms with Crippen LogP contribution in [0.5, 0.6) is 0 Å². The van der Waals surface area contributed by atoms with Gasteiger partial charge in [0, 0.05) is 17.9 Å². The summed E-state index contributed by atoms with van der Waals surface area (Å²) in [6, 6.07) is 11.2. The van der Waals surface area contributed by atoms with Crippen LogP contribution in [0.3, 0.4) is 0 Å². The summed E-state index contributed by atoms with van der Waals surface area (Å²) in [6.07, 6.45) is 5.09. The van der Waals surface area contributed by atoms with Crippen LogP contribution in [0, 0.1) is 20.8 Å². The molecular weight excluding hydrogens is 256 g/mol. The van der Waals surface area contributed by atoms with E-state index in [2.05, 4.69) is 62.4 Å². The summed E-state index contributed by atoms with van der Waals surface area (Å²) < 4.78 is 0. The van der Waals surface area contributed by atoms with E-state index in [9.17, 15) is 0 Å². The molecule has 2 rings (SSSR count). The Labute approximate surface area is 128 Å². The van der Waals surface area contributed by atoms with Crippen molar-refractivity contribution in [2.24, 2.45) is 0 Å².